The standard InChI is InChI=1S/C14H19NO/c1-11-6-7-14(10-15-8-9-16-14)13-5-3-2-4-12(11)13/h2-5,11,15H,6-10H2,1H3. The second kappa shape index (κ2) is 3.86. The maximum atomic E-state index is 6.12. The summed E-state index contributed by atoms with van der Waals surface area (Å²) in [5.41, 5.74) is 2.86. The summed E-state index contributed by atoms with van der Waals surface area (Å²) in [6.45, 7) is 5.11. The Morgan fingerprint density at radius 3 is 3.06 bits per heavy atom. The Labute approximate surface area is 97.0 Å². The number of rotatable bonds is 0. The van der Waals surface area contributed by atoms with Gasteiger partial charge in [0, 0.05) is 13.1 Å². The van der Waals surface area contributed by atoms with Gasteiger partial charge in [-0.15, -0.1) is 0 Å². The maximum Gasteiger partial charge on any atom is 0.106 e. The highest BCUT2D eigenvalue weighted by molar-refractivity contribution is 5.38. The van der Waals surface area contributed by atoms with E-state index in [2.05, 4.69) is 36.5 Å². The van der Waals surface area contributed by atoms with Gasteiger partial charge in [0.2, 0.25) is 0 Å². The van der Waals surface area contributed by atoms with E-state index in [9.17, 15) is 0 Å². The molecule has 86 valence electrons. The van der Waals surface area contributed by atoms with E-state index in [1.54, 1.807) is 0 Å². The van der Waals surface area contributed by atoms with Gasteiger partial charge in [-0.2, -0.15) is 0 Å². The second-order valence-electron chi connectivity index (χ2n) is 5.05. The number of morpholine rings is 1. The molecule has 1 aliphatic carbocycles. The molecule has 0 saturated carbocycles. The van der Waals surface area contributed by atoms with Crippen molar-refractivity contribution < 1.29 is 4.74 Å². The molecule has 2 unspecified atom stereocenters. The van der Waals surface area contributed by atoms with Crippen molar-refractivity contribution in [3.8, 4) is 0 Å². The van der Waals surface area contributed by atoms with Crippen LogP contribution in [0.5, 0.6) is 0 Å². The van der Waals surface area contributed by atoms with Gasteiger partial charge in [-0.3, -0.25) is 0 Å². The van der Waals surface area contributed by atoms with Crippen molar-refractivity contribution in [2.24, 2.45) is 0 Å². The molecule has 0 aromatic heterocycles. The molecule has 2 aliphatic rings. The Bertz CT molecular complexity index is 382. The number of fused-ring (bicyclic) bond motifs is 2. The molecule has 3 rings (SSSR count). The fraction of sp³-hybridized carbons (Fsp3) is 0.571. The molecular weight excluding hydrogens is 198 g/mol. The van der Waals surface area contributed by atoms with Crippen LogP contribution < -0.4 is 5.32 Å². The van der Waals surface area contributed by atoms with Crippen molar-refractivity contribution in [1.29, 1.82) is 0 Å². The summed E-state index contributed by atoms with van der Waals surface area (Å²) in [6.07, 6.45) is 2.39. The molecule has 1 aliphatic heterocycles. The lowest BCUT2D eigenvalue weighted by Gasteiger charge is -2.43. The summed E-state index contributed by atoms with van der Waals surface area (Å²) in [5, 5.41) is 3.48. The normalized spacial score (nSPS) is 33.7. The lowest BCUT2D eigenvalue weighted by molar-refractivity contribution is -0.0835. The van der Waals surface area contributed by atoms with Crippen LogP contribution in [0.2, 0.25) is 0 Å². The van der Waals surface area contributed by atoms with Gasteiger partial charge in [-0.1, -0.05) is 31.2 Å². The molecule has 2 heteroatoms. The molecular formula is C14H19NO. The molecule has 0 bridgehead atoms. The van der Waals surface area contributed by atoms with Crippen molar-refractivity contribution in [2.45, 2.75) is 31.3 Å². The summed E-state index contributed by atoms with van der Waals surface area (Å²) in [7, 11) is 0. The Hall–Kier alpha value is -0.860. The third-order valence-corrected chi connectivity index (χ3v) is 4.03. The Balaban J connectivity index is 2.06. The second-order valence-corrected chi connectivity index (χ2v) is 5.05. The molecule has 2 nitrogen and oxygen atoms in total. The third kappa shape index (κ3) is 1.48. The quantitative estimate of drug-likeness (QED) is 0.720. The van der Waals surface area contributed by atoms with E-state index in [1.165, 1.54) is 17.5 Å². The fourth-order valence-electron chi connectivity index (χ4n) is 3.07. The number of benzene rings is 1. The molecule has 1 heterocycles. The molecule has 0 amide bonds. The van der Waals surface area contributed by atoms with E-state index in [1.807, 2.05) is 0 Å². The molecule has 16 heavy (non-hydrogen) atoms. The van der Waals surface area contributed by atoms with Crippen LogP contribution in [-0.4, -0.2) is 19.7 Å². The summed E-state index contributed by atoms with van der Waals surface area (Å²) in [5.74, 6) is 0.673. The predicted octanol–water partition coefficient (Wildman–Crippen LogP) is 2.40. The zero-order chi connectivity index (χ0) is 11.0. The zero-order valence-electron chi connectivity index (χ0n) is 9.83. The lowest BCUT2D eigenvalue weighted by Crippen LogP contribution is -2.49. The minimum Gasteiger partial charge on any atom is -0.368 e. The molecule has 1 aromatic rings. The van der Waals surface area contributed by atoms with E-state index in [0.717, 1.165) is 26.1 Å². The zero-order valence-corrected chi connectivity index (χ0v) is 9.83. The Morgan fingerprint density at radius 2 is 2.25 bits per heavy atom. The summed E-state index contributed by atoms with van der Waals surface area (Å²) in [6, 6.07) is 8.79. The van der Waals surface area contributed by atoms with Crippen molar-refractivity contribution in [1.82, 2.24) is 5.32 Å². The number of hydrogen-bond acceptors (Lipinski definition) is 2. The Kier molecular flexibility index (Phi) is 2.49. The minimum absolute atomic E-state index is 0.0403. The largest absolute Gasteiger partial charge is 0.368 e. The van der Waals surface area contributed by atoms with Crippen LogP contribution in [0.3, 0.4) is 0 Å². The van der Waals surface area contributed by atoms with Crippen LogP contribution in [0, 0.1) is 0 Å². The van der Waals surface area contributed by atoms with Crippen LogP contribution in [0.1, 0.15) is 36.8 Å². The highest BCUT2D eigenvalue weighted by Gasteiger charge is 2.40. The summed E-state index contributed by atoms with van der Waals surface area (Å²) in [4.78, 5) is 0. The lowest BCUT2D eigenvalue weighted by atomic mass is 9.74. The van der Waals surface area contributed by atoms with Crippen LogP contribution in [0.4, 0.5) is 0 Å². The predicted molar refractivity (Wildman–Crippen MR) is 64.6 cm³/mol. The van der Waals surface area contributed by atoms with Crippen molar-refractivity contribution in [3.05, 3.63) is 35.4 Å². The molecule has 1 fully saturated rings. The van der Waals surface area contributed by atoms with Gasteiger partial charge in [0.15, 0.2) is 0 Å². The average Bonchev–Trinajstić information content (AvgIpc) is 2.36. The van der Waals surface area contributed by atoms with Crippen LogP contribution >= 0.6 is 0 Å². The highest BCUT2D eigenvalue weighted by Crippen LogP contribution is 2.43. The molecule has 1 spiro atoms. The third-order valence-electron chi connectivity index (χ3n) is 4.03. The van der Waals surface area contributed by atoms with Gasteiger partial charge in [-0.05, 0) is 29.9 Å². The van der Waals surface area contributed by atoms with Gasteiger partial charge in [0.05, 0.1) is 6.61 Å². The number of hydrogen-bond donors (Lipinski definition) is 1. The van der Waals surface area contributed by atoms with E-state index in [4.69, 9.17) is 4.74 Å². The first-order valence-electron chi connectivity index (χ1n) is 6.26. The Morgan fingerprint density at radius 1 is 1.38 bits per heavy atom. The maximum absolute atomic E-state index is 6.12. The fourth-order valence-corrected chi connectivity index (χ4v) is 3.07. The number of nitrogens with one attached hydrogen (secondary N) is 1. The van der Waals surface area contributed by atoms with Crippen LogP contribution in [-0.2, 0) is 10.3 Å². The summed E-state index contributed by atoms with van der Waals surface area (Å²) < 4.78 is 6.12. The first-order chi connectivity index (χ1) is 7.82. The van der Waals surface area contributed by atoms with Gasteiger partial charge >= 0.3 is 0 Å². The van der Waals surface area contributed by atoms with Crippen molar-refractivity contribution >= 4 is 0 Å². The first-order valence-corrected chi connectivity index (χ1v) is 6.26. The molecule has 2 atom stereocenters. The smallest absolute Gasteiger partial charge is 0.106 e. The SMILES string of the molecule is CC1CCC2(CNCCO2)c2ccccc21. The summed E-state index contributed by atoms with van der Waals surface area (Å²) >= 11 is 0. The van der Waals surface area contributed by atoms with Gasteiger partial charge in [0.25, 0.3) is 0 Å². The highest BCUT2D eigenvalue weighted by atomic mass is 16.5. The molecule has 1 aromatic carbocycles. The monoisotopic (exact) mass is 217 g/mol. The van der Waals surface area contributed by atoms with E-state index in [0.29, 0.717) is 5.92 Å². The van der Waals surface area contributed by atoms with Crippen molar-refractivity contribution in [2.75, 3.05) is 19.7 Å². The minimum atomic E-state index is -0.0403. The molecule has 0 radical (unpaired) electrons. The van der Waals surface area contributed by atoms with E-state index < -0.39 is 0 Å². The van der Waals surface area contributed by atoms with Gasteiger partial charge < -0.3 is 10.1 Å². The molecule has 1 N–H and O–H groups in total. The van der Waals surface area contributed by atoms with Crippen LogP contribution in [0.25, 0.3) is 0 Å². The van der Waals surface area contributed by atoms with E-state index in [-0.39, 0.29) is 5.60 Å². The van der Waals surface area contributed by atoms with Crippen LogP contribution in [0.15, 0.2) is 24.3 Å². The van der Waals surface area contributed by atoms with Gasteiger partial charge in [-0.25, -0.2) is 0 Å². The van der Waals surface area contributed by atoms with E-state index >= 15 is 0 Å². The average molecular weight is 217 g/mol. The number of ether oxygens (including phenoxy) is 1. The van der Waals surface area contributed by atoms with Gasteiger partial charge in [0.1, 0.15) is 5.60 Å². The van der Waals surface area contributed by atoms with Crippen molar-refractivity contribution in [3.63, 3.8) is 0 Å². The molecule has 1 saturated heterocycles. The first kappa shape index (κ1) is 10.3. The topological polar surface area (TPSA) is 21.3 Å².